The molecule has 7 heteroatoms. The normalized spacial score (nSPS) is 25.2. The number of halogens is 1. The van der Waals surface area contributed by atoms with Gasteiger partial charge >= 0.3 is 0 Å². The third-order valence-corrected chi connectivity index (χ3v) is 6.24. The number of ether oxygens (including phenoxy) is 1. The Morgan fingerprint density at radius 3 is 2.36 bits per heavy atom. The number of hydrogen-bond donors (Lipinski definition) is 0. The molecule has 2 heterocycles. The molecule has 0 amide bonds. The van der Waals surface area contributed by atoms with Gasteiger partial charge in [0.2, 0.25) is 0 Å². The summed E-state index contributed by atoms with van der Waals surface area (Å²) in [7, 11) is -3.42. The van der Waals surface area contributed by atoms with E-state index >= 15 is 0 Å². The third kappa shape index (κ3) is 3.32. The van der Waals surface area contributed by atoms with Crippen molar-refractivity contribution in [2.75, 3.05) is 32.8 Å². The molecule has 1 aromatic carbocycles. The summed E-state index contributed by atoms with van der Waals surface area (Å²) in [5.41, 5.74) is 0.806. The predicted molar refractivity (Wildman–Crippen MR) is 81.0 cm³/mol. The minimum Gasteiger partial charge on any atom is -0.371 e. The molecule has 3 rings (SSSR count). The van der Waals surface area contributed by atoms with Crippen LogP contribution in [-0.2, 0) is 14.9 Å². The molecule has 2 aliphatic heterocycles. The number of hydrogen-bond acceptors (Lipinski definition) is 3. The topological polar surface area (TPSA) is 49.9 Å². The fraction of sp³-hybridized carbons (Fsp3) is 0.600. The van der Waals surface area contributed by atoms with Gasteiger partial charge in [-0.05, 0) is 30.5 Å². The van der Waals surface area contributed by atoms with Crippen LogP contribution in [-0.4, -0.2) is 49.8 Å². The monoisotopic (exact) mass is 328 g/mol. The summed E-state index contributed by atoms with van der Waals surface area (Å²) in [4.78, 5) is 0. The van der Waals surface area contributed by atoms with Crippen molar-refractivity contribution < 1.29 is 17.5 Å². The van der Waals surface area contributed by atoms with Crippen LogP contribution in [0.25, 0.3) is 0 Å². The van der Waals surface area contributed by atoms with E-state index in [9.17, 15) is 12.8 Å². The summed E-state index contributed by atoms with van der Waals surface area (Å²) in [5.74, 6) is -0.308. The lowest BCUT2D eigenvalue weighted by Gasteiger charge is -2.36. The maximum Gasteiger partial charge on any atom is 0.282 e. The van der Waals surface area contributed by atoms with Gasteiger partial charge in [0, 0.05) is 26.2 Å². The highest BCUT2D eigenvalue weighted by molar-refractivity contribution is 7.86. The van der Waals surface area contributed by atoms with E-state index in [1.165, 1.54) is 16.4 Å². The molecule has 1 atom stereocenters. The third-order valence-electron chi connectivity index (χ3n) is 4.24. The van der Waals surface area contributed by atoms with Crippen LogP contribution < -0.4 is 0 Å². The molecule has 0 saturated carbocycles. The van der Waals surface area contributed by atoms with Gasteiger partial charge in [0.25, 0.3) is 10.2 Å². The molecule has 0 unspecified atom stereocenters. The number of nitrogens with zero attached hydrogens (tertiary/aromatic N) is 2. The van der Waals surface area contributed by atoms with Gasteiger partial charge in [0.05, 0.1) is 12.7 Å². The maximum absolute atomic E-state index is 13.0. The molecule has 122 valence electrons. The molecule has 5 nitrogen and oxygen atoms in total. The summed E-state index contributed by atoms with van der Waals surface area (Å²) in [6, 6.07) is 6.04. The van der Waals surface area contributed by atoms with E-state index in [-0.39, 0.29) is 18.5 Å². The van der Waals surface area contributed by atoms with Crippen LogP contribution in [0.5, 0.6) is 0 Å². The Hall–Kier alpha value is -1.02. The van der Waals surface area contributed by atoms with Gasteiger partial charge in [-0.25, -0.2) is 4.39 Å². The molecule has 2 fully saturated rings. The van der Waals surface area contributed by atoms with Crippen molar-refractivity contribution in [3.63, 3.8) is 0 Å². The van der Waals surface area contributed by atoms with Crippen molar-refractivity contribution in [2.45, 2.75) is 25.4 Å². The average Bonchev–Trinajstić information content (AvgIpc) is 2.56. The Bertz CT molecular complexity index is 600. The van der Waals surface area contributed by atoms with E-state index in [0.29, 0.717) is 26.2 Å². The second kappa shape index (κ2) is 6.62. The lowest BCUT2D eigenvalue weighted by atomic mass is 10.1. The fourth-order valence-electron chi connectivity index (χ4n) is 2.97. The zero-order valence-electron chi connectivity index (χ0n) is 12.4. The predicted octanol–water partition coefficient (Wildman–Crippen LogP) is 1.93. The zero-order chi connectivity index (χ0) is 15.6. The van der Waals surface area contributed by atoms with Crippen LogP contribution in [0, 0.1) is 5.82 Å². The first-order valence-corrected chi connectivity index (χ1v) is 9.09. The van der Waals surface area contributed by atoms with Crippen molar-refractivity contribution in [1.82, 2.24) is 8.61 Å². The molecular formula is C15H21FN2O3S. The second-order valence-electron chi connectivity index (χ2n) is 5.74. The smallest absolute Gasteiger partial charge is 0.282 e. The SMILES string of the molecule is O=S(=O)(N1CCCCC1)N1CCO[C@H](c2ccc(F)cc2)C1. The van der Waals surface area contributed by atoms with E-state index in [2.05, 4.69) is 0 Å². The van der Waals surface area contributed by atoms with Crippen LogP contribution in [0.3, 0.4) is 0 Å². The van der Waals surface area contributed by atoms with Gasteiger partial charge in [-0.15, -0.1) is 0 Å². The lowest BCUT2D eigenvalue weighted by molar-refractivity contribution is -0.00452. The van der Waals surface area contributed by atoms with Gasteiger partial charge in [-0.3, -0.25) is 0 Å². The molecule has 2 saturated heterocycles. The van der Waals surface area contributed by atoms with Gasteiger partial charge in [-0.2, -0.15) is 17.0 Å². The van der Waals surface area contributed by atoms with Crippen molar-refractivity contribution in [3.8, 4) is 0 Å². The minimum atomic E-state index is -3.42. The van der Waals surface area contributed by atoms with E-state index < -0.39 is 10.2 Å². The van der Waals surface area contributed by atoms with Crippen LogP contribution >= 0.6 is 0 Å². The van der Waals surface area contributed by atoms with E-state index in [4.69, 9.17) is 4.74 Å². The van der Waals surface area contributed by atoms with Crippen LogP contribution in [0.4, 0.5) is 4.39 Å². The number of rotatable bonds is 3. The minimum absolute atomic E-state index is 0.282. The van der Waals surface area contributed by atoms with Gasteiger partial charge in [0.15, 0.2) is 0 Å². The Morgan fingerprint density at radius 2 is 1.68 bits per heavy atom. The highest BCUT2D eigenvalue weighted by Crippen LogP contribution is 2.26. The Kier molecular flexibility index (Phi) is 4.77. The van der Waals surface area contributed by atoms with E-state index in [1.54, 1.807) is 16.4 Å². The maximum atomic E-state index is 13.0. The molecule has 0 aromatic heterocycles. The lowest BCUT2D eigenvalue weighted by Crippen LogP contribution is -2.50. The highest BCUT2D eigenvalue weighted by Gasteiger charge is 2.35. The molecular weight excluding hydrogens is 307 g/mol. The molecule has 0 bridgehead atoms. The quantitative estimate of drug-likeness (QED) is 0.852. The summed E-state index contributed by atoms with van der Waals surface area (Å²) in [6.45, 7) is 2.21. The summed E-state index contributed by atoms with van der Waals surface area (Å²) < 4.78 is 47.2. The average molecular weight is 328 g/mol. The first-order valence-electron chi connectivity index (χ1n) is 7.70. The largest absolute Gasteiger partial charge is 0.371 e. The summed E-state index contributed by atoms with van der Waals surface area (Å²) in [5, 5.41) is 0. The number of piperidine rings is 1. The summed E-state index contributed by atoms with van der Waals surface area (Å²) in [6.07, 6.45) is 2.59. The molecule has 22 heavy (non-hydrogen) atoms. The molecule has 1 aromatic rings. The zero-order valence-corrected chi connectivity index (χ0v) is 13.3. The fourth-order valence-corrected chi connectivity index (χ4v) is 4.65. The van der Waals surface area contributed by atoms with Crippen LogP contribution in [0.15, 0.2) is 24.3 Å². The van der Waals surface area contributed by atoms with Crippen LogP contribution in [0.2, 0.25) is 0 Å². The molecule has 0 radical (unpaired) electrons. The van der Waals surface area contributed by atoms with Crippen molar-refractivity contribution in [1.29, 1.82) is 0 Å². The van der Waals surface area contributed by atoms with Gasteiger partial charge in [0.1, 0.15) is 5.82 Å². The number of morpholine rings is 1. The van der Waals surface area contributed by atoms with Crippen molar-refractivity contribution in [3.05, 3.63) is 35.6 Å². The molecule has 0 aliphatic carbocycles. The van der Waals surface area contributed by atoms with Gasteiger partial charge in [-0.1, -0.05) is 18.6 Å². The van der Waals surface area contributed by atoms with Gasteiger partial charge < -0.3 is 4.74 Å². The van der Waals surface area contributed by atoms with Crippen molar-refractivity contribution in [2.24, 2.45) is 0 Å². The Balaban J connectivity index is 1.73. The van der Waals surface area contributed by atoms with Crippen LogP contribution in [0.1, 0.15) is 30.9 Å². The first kappa shape index (κ1) is 15.9. The molecule has 0 spiro atoms. The first-order chi connectivity index (χ1) is 10.6. The van der Waals surface area contributed by atoms with E-state index in [0.717, 1.165) is 24.8 Å². The van der Waals surface area contributed by atoms with E-state index in [1.807, 2.05) is 0 Å². The molecule has 2 aliphatic rings. The van der Waals surface area contributed by atoms with Crippen molar-refractivity contribution >= 4 is 10.2 Å². The second-order valence-corrected chi connectivity index (χ2v) is 7.66. The Morgan fingerprint density at radius 1 is 1.00 bits per heavy atom. The number of benzene rings is 1. The highest BCUT2D eigenvalue weighted by atomic mass is 32.2. The summed E-state index contributed by atoms with van der Waals surface area (Å²) >= 11 is 0. The molecule has 0 N–H and O–H groups in total. The standard InChI is InChI=1S/C15H21FN2O3S/c16-14-6-4-13(5-7-14)15-12-18(10-11-21-15)22(19,20)17-8-2-1-3-9-17/h4-7,15H,1-3,8-12H2/t15-/m0/s1. The Labute approximate surface area is 130 Å².